The summed E-state index contributed by atoms with van der Waals surface area (Å²) in [5.41, 5.74) is 0.983. The van der Waals surface area contributed by atoms with Crippen molar-refractivity contribution in [3.05, 3.63) is 47.3 Å². The third-order valence-electron chi connectivity index (χ3n) is 2.17. The van der Waals surface area contributed by atoms with E-state index in [4.69, 9.17) is 0 Å². The molecule has 0 aliphatic carbocycles. The molecule has 2 rings (SSSR count). The van der Waals surface area contributed by atoms with Crippen LogP contribution in [0.4, 0.5) is 8.78 Å². The fourth-order valence-corrected chi connectivity index (χ4v) is 2.10. The first kappa shape index (κ1) is 11.0. The number of benzene rings is 1. The summed E-state index contributed by atoms with van der Waals surface area (Å²) in [7, 11) is 0. The highest BCUT2D eigenvalue weighted by Gasteiger charge is 2.17. The van der Waals surface area contributed by atoms with Crippen LogP contribution in [0, 0.1) is 0 Å². The summed E-state index contributed by atoms with van der Waals surface area (Å²) in [6.45, 7) is 0. The molecule has 0 aliphatic rings. The summed E-state index contributed by atoms with van der Waals surface area (Å²) in [6, 6.07) is 10.1. The molecule has 82 valence electrons. The summed E-state index contributed by atoms with van der Waals surface area (Å²) < 4.78 is 24.3. The second-order valence-electron chi connectivity index (χ2n) is 3.22. The Labute approximate surface area is 95.4 Å². The molecule has 0 amide bonds. The van der Waals surface area contributed by atoms with Crippen molar-refractivity contribution >= 4 is 17.1 Å². The summed E-state index contributed by atoms with van der Waals surface area (Å²) >= 11 is 1.56. The molecule has 0 fully saturated rings. The number of rotatable bonds is 3. The molecule has 16 heavy (non-hydrogen) atoms. The standard InChI is InChI=1S/C12H8F2OS/c13-12(14)11(15)9-5-3-8(4-6-9)10-2-1-7-16-10/h1-7,12H. The topological polar surface area (TPSA) is 17.1 Å². The fourth-order valence-electron chi connectivity index (χ4n) is 1.37. The van der Waals surface area contributed by atoms with Crippen molar-refractivity contribution in [1.82, 2.24) is 0 Å². The Kier molecular flexibility index (Phi) is 3.10. The van der Waals surface area contributed by atoms with Crippen molar-refractivity contribution < 1.29 is 13.6 Å². The number of alkyl halides is 2. The first-order valence-electron chi connectivity index (χ1n) is 4.65. The molecule has 0 aliphatic heterocycles. The summed E-state index contributed by atoms with van der Waals surface area (Å²) in [4.78, 5) is 12.0. The molecular formula is C12H8F2OS. The van der Waals surface area contributed by atoms with Crippen LogP contribution in [0.1, 0.15) is 10.4 Å². The van der Waals surface area contributed by atoms with E-state index in [9.17, 15) is 13.6 Å². The van der Waals surface area contributed by atoms with Gasteiger partial charge >= 0.3 is 6.43 Å². The average molecular weight is 238 g/mol. The number of thiophene rings is 1. The molecule has 0 unspecified atom stereocenters. The van der Waals surface area contributed by atoms with Gasteiger partial charge in [0.15, 0.2) is 0 Å². The first-order valence-corrected chi connectivity index (χ1v) is 5.53. The molecule has 1 nitrogen and oxygen atoms in total. The number of ketones is 1. The zero-order chi connectivity index (χ0) is 11.5. The van der Waals surface area contributed by atoms with E-state index in [1.54, 1.807) is 23.5 Å². The summed E-state index contributed by atoms with van der Waals surface area (Å²) in [5, 5.41) is 1.94. The summed E-state index contributed by atoms with van der Waals surface area (Å²) in [6.07, 6.45) is -2.94. The van der Waals surface area contributed by atoms with Gasteiger partial charge in [-0.1, -0.05) is 30.3 Å². The van der Waals surface area contributed by atoms with Crippen LogP contribution in [0.5, 0.6) is 0 Å². The van der Waals surface area contributed by atoms with E-state index in [1.807, 2.05) is 17.5 Å². The number of halogens is 2. The third-order valence-corrected chi connectivity index (χ3v) is 3.09. The van der Waals surface area contributed by atoms with Crippen LogP contribution in [0.25, 0.3) is 10.4 Å². The van der Waals surface area contributed by atoms with Crippen LogP contribution in [-0.2, 0) is 0 Å². The molecule has 1 heterocycles. The number of carbonyl (C=O) groups excluding carboxylic acids is 1. The molecule has 0 atom stereocenters. The number of hydrogen-bond acceptors (Lipinski definition) is 2. The molecule has 0 bridgehead atoms. The van der Waals surface area contributed by atoms with E-state index in [2.05, 4.69) is 0 Å². The Hall–Kier alpha value is -1.55. The van der Waals surface area contributed by atoms with E-state index in [1.165, 1.54) is 12.1 Å². The van der Waals surface area contributed by atoms with Crippen LogP contribution in [0.2, 0.25) is 0 Å². The second-order valence-corrected chi connectivity index (χ2v) is 4.17. The van der Waals surface area contributed by atoms with Gasteiger partial charge in [0, 0.05) is 10.4 Å². The molecule has 1 aromatic carbocycles. The van der Waals surface area contributed by atoms with Gasteiger partial charge in [0.05, 0.1) is 0 Å². The predicted molar refractivity (Wildman–Crippen MR) is 60.1 cm³/mol. The maximum Gasteiger partial charge on any atom is 0.300 e. The normalized spacial score (nSPS) is 10.7. The Bertz CT molecular complexity index is 474. The van der Waals surface area contributed by atoms with Crippen molar-refractivity contribution in [2.75, 3.05) is 0 Å². The van der Waals surface area contributed by atoms with Gasteiger partial charge in [-0.15, -0.1) is 11.3 Å². The van der Waals surface area contributed by atoms with Crippen LogP contribution in [0.15, 0.2) is 41.8 Å². The first-order chi connectivity index (χ1) is 7.68. The minimum Gasteiger partial charge on any atom is -0.288 e. The fraction of sp³-hybridized carbons (Fsp3) is 0.0833. The SMILES string of the molecule is O=C(c1ccc(-c2cccs2)cc1)C(F)F. The monoisotopic (exact) mass is 238 g/mol. The molecule has 0 saturated heterocycles. The van der Waals surface area contributed by atoms with Crippen molar-refractivity contribution in [3.63, 3.8) is 0 Å². The van der Waals surface area contributed by atoms with Crippen LogP contribution >= 0.6 is 11.3 Å². The van der Waals surface area contributed by atoms with E-state index < -0.39 is 12.2 Å². The summed E-state index contributed by atoms with van der Waals surface area (Å²) in [5.74, 6) is -1.13. The van der Waals surface area contributed by atoms with Crippen molar-refractivity contribution in [2.45, 2.75) is 6.43 Å². The molecule has 4 heteroatoms. The minimum atomic E-state index is -2.94. The third kappa shape index (κ3) is 2.17. The van der Waals surface area contributed by atoms with E-state index in [0.717, 1.165) is 10.4 Å². The maximum absolute atomic E-state index is 12.1. The predicted octanol–water partition coefficient (Wildman–Crippen LogP) is 3.86. The zero-order valence-electron chi connectivity index (χ0n) is 8.19. The van der Waals surface area contributed by atoms with Crippen molar-refractivity contribution in [2.24, 2.45) is 0 Å². The Morgan fingerprint density at radius 1 is 1.12 bits per heavy atom. The Morgan fingerprint density at radius 2 is 1.81 bits per heavy atom. The molecule has 0 radical (unpaired) electrons. The van der Waals surface area contributed by atoms with Crippen LogP contribution in [0.3, 0.4) is 0 Å². The zero-order valence-corrected chi connectivity index (χ0v) is 9.01. The Morgan fingerprint density at radius 3 is 2.31 bits per heavy atom. The van der Waals surface area contributed by atoms with Gasteiger partial charge in [-0.3, -0.25) is 4.79 Å². The van der Waals surface area contributed by atoms with Crippen LogP contribution < -0.4 is 0 Å². The quantitative estimate of drug-likeness (QED) is 0.742. The number of Topliss-reactive ketones (excluding diaryl/α,β-unsaturated/α-hetero) is 1. The smallest absolute Gasteiger partial charge is 0.288 e. The van der Waals surface area contributed by atoms with E-state index in [-0.39, 0.29) is 5.56 Å². The average Bonchev–Trinajstić information content (AvgIpc) is 2.81. The van der Waals surface area contributed by atoms with Gasteiger partial charge in [-0.25, -0.2) is 8.78 Å². The van der Waals surface area contributed by atoms with Gasteiger partial charge in [-0.2, -0.15) is 0 Å². The lowest BCUT2D eigenvalue weighted by Crippen LogP contribution is -2.09. The maximum atomic E-state index is 12.1. The highest BCUT2D eigenvalue weighted by molar-refractivity contribution is 7.13. The molecule has 0 spiro atoms. The molecule has 1 aromatic heterocycles. The largest absolute Gasteiger partial charge is 0.300 e. The highest BCUT2D eigenvalue weighted by atomic mass is 32.1. The highest BCUT2D eigenvalue weighted by Crippen LogP contribution is 2.25. The van der Waals surface area contributed by atoms with Crippen molar-refractivity contribution in [3.8, 4) is 10.4 Å². The Balaban J connectivity index is 2.27. The van der Waals surface area contributed by atoms with Gasteiger partial charge in [0.25, 0.3) is 0 Å². The number of carbonyl (C=O) groups is 1. The van der Waals surface area contributed by atoms with Gasteiger partial charge < -0.3 is 0 Å². The van der Waals surface area contributed by atoms with Gasteiger partial charge in [-0.05, 0) is 17.0 Å². The van der Waals surface area contributed by atoms with Gasteiger partial charge in [0.1, 0.15) is 0 Å². The van der Waals surface area contributed by atoms with E-state index in [0.29, 0.717) is 0 Å². The molecular weight excluding hydrogens is 230 g/mol. The van der Waals surface area contributed by atoms with E-state index >= 15 is 0 Å². The lowest BCUT2D eigenvalue weighted by Gasteiger charge is -2.01. The van der Waals surface area contributed by atoms with Crippen LogP contribution in [-0.4, -0.2) is 12.2 Å². The van der Waals surface area contributed by atoms with Crippen molar-refractivity contribution in [1.29, 1.82) is 0 Å². The minimum absolute atomic E-state index is 0.0512. The molecule has 2 aromatic rings. The molecule has 0 saturated carbocycles. The second kappa shape index (κ2) is 4.53. The number of hydrogen-bond donors (Lipinski definition) is 0. The molecule has 0 N–H and O–H groups in total. The van der Waals surface area contributed by atoms with Gasteiger partial charge in [0.2, 0.25) is 5.78 Å². The lowest BCUT2D eigenvalue weighted by atomic mass is 10.1. The lowest BCUT2D eigenvalue weighted by molar-refractivity contribution is 0.0679.